The number of ether oxygens (including phenoxy) is 1. The number of pyridine rings is 1. The van der Waals surface area contributed by atoms with Gasteiger partial charge in [-0.1, -0.05) is 6.92 Å². The number of nitrogens with zero attached hydrogens (tertiary/aromatic N) is 1. The van der Waals surface area contributed by atoms with E-state index in [1.165, 1.54) is 0 Å². The second-order valence-corrected chi connectivity index (χ2v) is 4.30. The van der Waals surface area contributed by atoms with E-state index in [0.29, 0.717) is 5.69 Å². The minimum Gasteiger partial charge on any atom is -0.437 e. The predicted molar refractivity (Wildman–Crippen MR) is 61.1 cm³/mol. The Morgan fingerprint density at radius 1 is 1.69 bits per heavy atom. The zero-order chi connectivity index (χ0) is 12.0. The average Bonchev–Trinajstić information content (AvgIpc) is 2.27. The zero-order valence-corrected chi connectivity index (χ0v) is 9.74. The monoisotopic (exact) mass is 242 g/mol. The molecule has 0 radical (unpaired) electrons. The fraction of sp³-hybridized carbons (Fsp3) is 0.400. The number of aliphatic hydroxyl groups is 1. The Labute approximate surface area is 98.0 Å². The molecule has 6 heteroatoms. The van der Waals surface area contributed by atoms with E-state index in [1.54, 1.807) is 24.0 Å². The summed E-state index contributed by atoms with van der Waals surface area (Å²) >= 11 is 1.66. The normalized spacial score (nSPS) is 12.1. The molecule has 0 spiro atoms. The summed E-state index contributed by atoms with van der Waals surface area (Å²) in [6.07, 6.45) is -0.0395. The van der Waals surface area contributed by atoms with Gasteiger partial charge in [0.15, 0.2) is 6.10 Å². The third-order valence-corrected chi connectivity index (χ3v) is 2.69. The summed E-state index contributed by atoms with van der Waals surface area (Å²) in [5.74, 6) is 0.961. The molecule has 3 N–H and O–H groups in total. The maximum atomic E-state index is 10.6. The molecule has 16 heavy (non-hydrogen) atoms. The van der Waals surface area contributed by atoms with E-state index in [-0.39, 0.29) is 6.61 Å². The van der Waals surface area contributed by atoms with Crippen LogP contribution >= 0.6 is 11.8 Å². The van der Waals surface area contributed by atoms with E-state index >= 15 is 0 Å². The largest absolute Gasteiger partial charge is 0.437 e. The Kier molecular flexibility index (Phi) is 5.07. The van der Waals surface area contributed by atoms with E-state index in [0.717, 1.165) is 10.6 Å². The number of thioether (sulfide) groups is 1. The minimum absolute atomic E-state index is 0.337. The number of nitrogens with two attached hydrogens (primary N) is 1. The highest BCUT2D eigenvalue weighted by Gasteiger charge is 2.15. The summed E-state index contributed by atoms with van der Waals surface area (Å²) < 4.78 is 4.70. The molecule has 0 bridgehead atoms. The van der Waals surface area contributed by atoms with Gasteiger partial charge in [-0.3, -0.25) is 4.98 Å². The fourth-order valence-electron chi connectivity index (χ4n) is 1.17. The van der Waals surface area contributed by atoms with E-state index in [4.69, 9.17) is 15.6 Å². The van der Waals surface area contributed by atoms with Crippen molar-refractivity contribution in [1.82, 2.24) is 4.98 Å². The molecule has 5 nitrogen and oxygen atoms in total. The van der Waals surface area contributed by atoms with Crippen LogP contribution in [0.5, 0.6) is 0 Å². The van der Waals surface area contributed by atoms with Crippen LogP contribution in [0.1, 0.15) is 18.7 Å². The van der Waals surface area contributed by atoms with Crippen LogP contribution in [0.3, 0.4) is 0 Å². The van der Waals surface area contributed by atoms with Crippen LogP contribution in [-0.4, -0.2) is 28.5 Å². The van der Waals surface area contributed by atoms with Gasteiger partial charge in [0, 0.05) is 11.1 Å². The van der Waals surface area contributed by atoms with Gasteiger partial charge in [0.05, 0.1) is 12.3 Å². The molecule has 0 aliphatic carbocycles. The lowest BCUT2D eigenvalue weighted by molar-refractivity contribution is 0.0607. The number of primary amides is 1. The Bertz CT molecular complexity index is 342. The Balaban J connectivity index is 2.73. The molecule has 0 aliphatic heterocycles. The molecule has 1 aromatic heterocycles. The Morgan fingerprint density at radius 2 is 2.44 bits per heavy atom. The molecule has 88 valence electrons. The van der Waals surface area contributed by atoms with E-state index in [9.17, 15) is 4.79 Å². The lowest BCUT2D eigenvalue weighted by Crippen LogP contribution is -2.20. The number of hydrogen-bond donors (Lipinski definition) is 2. The van der Waals surface area contributed by atoms with Crippen LogP contribution in [0.4, 0.5) is 4.79 Å². The molecule has 0 aromatic carbocycles. The lowest BCUT2D eigenvalue weighted by atomic mass is 10.2. The van der Waals surface area contributed by atoms with Gasteiger partial charge >= 0.3 is 6.09 Å². The van der Waals surface area contributed by atoms with Gasteiger partial charge in [-0.15, -0.1) is 11.8 Å². The molecule has 1 heterocycles. The van der Waals surface area contributed by atoms with Crippen molar-refractivity contribution in [1.29, 1.82) is 0 Å². The number of hydrogen-bond acceptors (Lipinski definition) is 5. The maximum absolute atomic E-state index is 10.6. The zero-order valence-electron chi connectivity index (χ0n) is 8.92. The van der Waals surface area contributed by atoms with Crippen LogP contribution in [0.15, 0.2) is 23.2 Å². The van der Waals surface area contributed by atoms with Crippen LogP contribution in [-0.2, 0) is 4.74 Å². The third kappa shape index (κ3) is 3.71. The van der Waals surface area contributed by atoms with Crippen molar-refractivity contribution in [3.63, 3.8) is 0 Å². The molecule has 0 saturated heterocycles. The summed E-state index contributed by atoms with van der Waals surface area (Å²) in [6, 6.07) is 3.57. The molecule has 0 aliphatic rings. The topological polar surface area (TPSA) is 85.4 Å². The summed E-state index contributed by atoms with van der Waals surface area (Å²) in [5.41, 5.74) is 5.37. The molecule has 0 fully saturated rings. The molecule has 0 saturated carbocycles. The molecular formula is C10H14N2O3S. The molecular weight excluding hydrogens is 228 g/mol. The summed E-state index contributed by atoms with van der Waals surface area (Å²) in [5, 5.41) is 9.02. The van der Waals surface area contributed by atoms with Crippen molar-refractivity contribution in [2.24, 2.45) is 5.73 Å². The van der Waals surface area contributed by atoms with Gasteiger partial charge in [0.1, 0.15) is 0 Å². The number of carbonyl (C=O) groups is 1. The molecule has 1 rings (SSSR count). The molecule has 1 amide bonds. The number of carbonyl (C=O) groups excluding carboxylic acids is 1. The van der Waals surface area contributed by atoms with E-state index < -0.39 is 12.2 Å². The first kappa shape index (κ1) is 12.8. The van der Waals surface area contributed by atoms with Crippen LogP contribution in [0.2, 0.25) is 0 Å². The van der Waals surface area contributed by atoms with Gasteiger partial charge in [0.25, 0.3) is 0 Å². The van der Waals surface area contributed by atoms with Gasteiger partial charge < -0.3 is 15.6 Å². The van der Waals surface area contributed by atoms with Gasteiger partial charge in [-0.2, -0.15) is 0 Å². The number of aromatic nitrogens is 1. The summed E-state index contributed by atoms with van der Waals surface area (Å²) in [7, 11) is 0. The Morgan fingerprint density at radius 3 is 2.88 bits per heavy atom. The number of rotatable bonds is 5. The highest BCUT2D eigenvalue weighted by Crippen LogP contribution is 2.20. The van der Waals surface area contributed by atoms with Crippen molar-refractivity contribution >= 4 is 17.9 Å². The smallest absolute Gasteiger partial charge is 0.405 e. The summed E-state index contributed by atoms with van der Waals surface area (Å²) in [4.78, 5) is 15.7. The van der Waals surface area contributed by atoms with Crippen LogP contribution in [0.25, 0.3) is 0 Å². The minimum atomic E-state index is -0.923. The molecule has 1 atom stereocenters. The first-order valence-corrected chi connectivity index (χ1v) is 5.81. The van der Waals surface area contributed by atoms with E-state index in [2.05, 4.69) is 4.98 Å². The first-order valence-electron chi connectivity index (χ1n) is 4.83. The standard InChI is InChI=1S/C10H14N2O3S/c1-2-16-7-3-4-8(12-5-7)9(6-13)15-10(11)14/h3-5,9,13H,2,6H2,1H3,(H2,11,14)/t9-/m1/s1. The second-order valence-electron chi connectivity index (χ2n) is 2.96. The predicted octanol–water partition coefficient (Wildman–Crippen LogP) is 1.32. The number of aliphatic hydroxyl groups excluding tert-OH is 1. The highest BCUT2D eigenvalue weighted by atomic mass is 32.2. The number of amides is 1. The second kappa shape index (κ2) is 6.34. The maximum Gasteiger partial charge on any atom is 0.405 e. The van der Waals surface area contributed by atoms with Gasteiger partial charge in [-0.05, 0) is 17.9 Å². The third-order valence-electron chi connectivity index (χ3n) is 1.82. The van der Waals surface area contributed by atoms with Gasteiger partial charge in [0.2, 0.25) is 0 Å². The van der Waals surface area contributed by atoms with E-state index in [1.807, 2.05) is 13.0 Å². The molecule has 0 unspecified atom stereocenters. The van der Waals surface area contributed by atoms with Crippen molar-refractivity contribution in [3.05, 3.63) is 24.0 Å². The van der Waals surface area contributed by atoms with Crippen molar-refractivity contribution < 1.29 is 14.6 Å². The van der Waals surface area contributed by atoms with Gasteiger partial charge in [-0.25, -0.2) is 4.79 Å². The van der Waals surface area contributed by atoms with Crippen LogP contribution < -0.4 is 5.73 Å². The first-order chi connectivity index (χ1) is 7.67. The van der Waals surface area contributed by atoms with Crippen LogP contribution in [0, 0.1) is 0 Å². The highest BCUT2D eigenvalue weighted by molar-refractivity contribution is 7.99. The summed E-state index contributed by atoms with van der Waals surface area (Å²) in [6.45, 7) is 1.71. The van der Waals surface area contributed by atoms with Crippen molar-refractivity contribution in [3.8, 4) is 0 Å². The quantitative estimate of drug-likeness (QED) is 0.761. The average molecular weight is 242 g/mol. The van der Waals surface area contributed by atoms with Crippen molar-refractivity contribution in [2.75, 3.05) is 12.4 Å². The van der Waals surface area contributed by atoms with Crippen molar-refractivity contribution in [2.45, 2.75) is 17.9 Å². The SMILES string of the molecule is CCSc1ccc([C@@H](CO)OC(N)=O)nc1. The molecule has 1 aromatic rings. The lowest BCUT2D eigenvalue weighted by Gasteiger charge is -2.13. The fourth-order valence-corrected chi connectivity index (χ4v) is 1.79. The Hall–Kier alpha value is -1.27.